The van der Waals surface area contributed by atoms with Gasteiger partial charge in [-0.2, -0.15) is 10.2 Å². The second kappa shape index (κ2) is 10.6. The predicted octanol–water partition coefficient (Wildman–Crippen LogP) is 8.00. The molecule has 6 nitrogen and oxygen atoms in total. The summed E-state index contributed by atoms with van der Waals surface area (Å²) in [4.78, 5) is 11.4. The second-order valence-electron chi connectivity index (χ2n) is 10.0. The fraction of sp³-hybridized carbons (Fsp3) is 0.357. The fourth-order valence-corrected chi connectivity index (χ4v) is 6.00. The van der Waals surface area contributed by atoms with Crippen LogP contribution < -0.4 is 0 Å². The SMILES string of the molecule is Cc1nn(CC2CC2)c(Br)c1Cc1cn(C)nc1-c1ccc(F)cc1[C@@H](C)Cc1cc(Br)ccc1N=O. The van der Waals surface area contributed by atoms with E-state index in [0.29, 0.717) is 18.5 Å². The molecule has 192 valence electrons. The molecule has 1 saturated carbocycles. The van der Waals surface area contributed by atoms with Crippen LogP contribution in [0.4, 0.5) is 10.1 Å². The molecule has 1 fully saturated rings. The van der Waals surface area contributed by atoms with Gasteiger partial charge in [0.25, 0.3) is 0 Å². The summed E-state index contributed by atoms with van der Waals surface area (Å²) in [6.45, 7) is 5.02. The Kier molecular flexibility index (Phi) is 7.45. The van der Waals surface area contributed by atoms with Gasteiger partial charge in [0.1, 0.15) is 16.1 Å². The molecule has 1 aliphatic rings. The van der Waals surface area contributed by atoms with Crippen molar-refractivity contribution in [2.24, 2.45) is 18.1 Å². The summed E-state index contributed by atoms with van der Waals surface area (Å²) in [7, 11) is 1.90. The van der Waals surface area contributed by atoms with Crippen molar-refractivity contribution >= 4 is 37.5 Å². The summed E-state index contributed by atoms with van der Waals surface area (Å²) in [5.74, 6) is 0.344. The van der Waals surface area contributed by atoms with E-state index in [2.05, 4.69) is 41.7 Å². The largest absolute Gasteiger partial charge is 0.275 e. The van der Waals surface area contributed by atoms with E-state index < -0.39 is 0 Å². The van der Waals surface area contributed by atoms with E-state index in [9.17, 15) is 9.30 Å². The molecule has 1 aliphatic carbocycles. The topological polar surface area (TPSA) is 65.1 Å². The van der Waals surface area contributed by atoms with Crippen molar-refractivity contribution in [3.05, 3.63) is 90.3 Å². The van der Waals surface area contributed by atoms with Crippen molar-refractivity contribution < 1.29 is 4.39 Å². The average molecular weight is 629 g/mol. The van der Waals surface area contributed by atoms with Gasteiger partial charge in [-0.15, -0.1) is 4.91 Å². The van der Waals surface area contributed by atoms with Crippen molar-refractivity contribution in [2.75, 3.05) is 0 Å². The molecular formula is C28H28Br2FN5O. The van der Waals surface area contributed by atoms with Crippen molar-refractivity contribution in [2.45, 2.75) is 52.0 Å². The van der Waals surface area contributed by atoms with Crippen LogP contribution in [0.1, 0.15) is 53.6 Å². The molecular weight excluding hydrogens is 601 g/mol. The van der Waals surface area contributed by atoms with E-state index in [1.807, 2.05) is 43.9 Å². The molecule has 2 aromatic heterocycles. The van der Waals surface area contributed by atoms with Crippen molar-refractivity contribution in [1.82, 2.24) is 19.6 Å². The van der Waals surface area contributed by atoms with Crippen LogP contribution in [0, 0.1) is 23.6 Å². The molecule has 0 spiro atoms. The van der Waals surface area contributed by atoms with Gasteiger partial charge in [-0.25, -0.2) is 4.39 Å². The smallest absolute Gasteiger partial charge is 0.123 e. The lowest BCUT2D eigenvalue weighted by Gasteiger charge is -2.18. The van der Waals surface area contributed by atoms with Gasteiger partial charge in [0, 0.05) is 47.4 Å². The molecule has 2 heterocycles. The highest BCUT2D eigenvalue weighted by molar-refractivity contribution is 9.10. The normalized spacial score (nSPS) is 14.2. The van der Waals surface area contributed by atoms with Gasteiger partial charge in [0.15, 0.2) is 0 Å². The Morgan fingerprint density at radius 2 is 1.92 bits per heavy atom. The van der Waals surface area contributed by atoms with Crippen molar-refractivity contribution in [1.29, 1.82) is 0 Å². The predicted molar refractivity (Wildman–Crippen MR) is 151 cm³/mol. The molecule has 0 saturated heterocycles. The first-order valence-corrected chi connectivity index (χ1v) is 14.0. The van der Waals surface area contributed by atoms with Crippen LogP contribution in [0.15, 0.2) is 56.8 Å². The Balaban J connectivity index is 1.51. The van der Waals surface area contributed by atoms with Crippen molar-refractivity contribution in [3.8, 4) is 11.3 Å². The number of halogens is 3. The van der Waals surface area contributed by atoms with E-state index >= 15 is 0 Å². The molecule has 0 aliphatic heterocycles. The molecule has 0 bridgehead atoms. The highest BCUT2D eigenvalue weighted by Crippen LogP contribution is 2.37. The number of hydrogen-bond acceptors (Lipinski definition) is 4. The summed E-state index contributed by atoms with van der Waals surface area (Å²) in [5.41, 5.74) is 6.96. The zero-order chi connectivity index (χ0) is 26.3. The zero-order valence-electron chi connectivity index (χ0n) is 21.0. The molecule has 0 N–H and O–H groups in total. The van der Waals surface area contributed by atoms with Crippen LogP contribution in [0.2, 0.25) is 0 Å². The zero-order valence-corrected chi connectivity index (χ0v) is 24.2. The number of aromatic nitrogens is 4. The number of benzene rings is 2. The molecule has 1 atom stereocenters. The monoisotopic (exact) mass is 627 g/mol. The summed E-state index contributed by atoms with van der Waals surface area (Å²) in [6.07, 6.45) is 5.76. The summed E-state index contributed by atoms with van der Waals surface area (Å²) in [5, 5.41) is 12.8. The Labute approximate surface area is 232 Å². The van der Waals surface area contributed by atoms with Gasteiger partial charge in [0.2, 0.25) is 0 Å². The third-order valence-corrected chi connectivity index (χ3v) is 8.43. The molecule has 0 unspecified atom stereocenters. The minimum atomic E-state index is -0.300. The number of rotatable bonds is 9. The van der Waals surface area contributed by atoms with E-state index in [1.165, 1.54) is 18.9 Å². The quantitative estimate of drug-likeness (QED) is 0.176. The summed E-state index contributed by atoms with van der Waals surface area (Å²) in [6, 6.07) is 10.3. The third kappa shape index (κ3) is 5.62. The van der Waals surface area contributed by atoms with E-state index in [-0.39, 0.29) is 11.7 Å². The minimum Gasteiger partial charge on any atom is -0.275 e. The maximum atomic E-state index is 14.5. The van der Waals surface area contributed by atoms with E-state index in [0.717, 1.165) is 60.7 Å². The molecule has 0 amide bonds. The lowest BCUT2D eigenvalue weighted by atomic mass is 9.87. The second-order valence-corrected chi connectivity index (χ2v) is 11.7. The van der Waals surface area contributed by atoms with Gasteiger partial charge < -0.3 is 0 Å². The van der Waals surface area contributed by atoms with Crippen molar-refractivity contribution in [3.63, 3.8) is 0 Å². The third-order valence-electron chi connectivity index (χ3n) is 7.05. The van der Waals surface area contributed by atoms with E-state index in [4.69, 9.17) is 10.2 Å². The Hall–Kier alpha value is -2.65. The molecule has 9 heteroatoms. The Bertz CT molecular complexity index is 1470. The maximum absolute atomic E-state index is 14.5. The first kappa shape index (κ1) is 26.0. The molecule has 2 aromatic carbocycles. The van der Waals surface area contributed by atoms with Gasteiger partial charge in [-0.05, 0) is 107 Å². The number of nitrogens with zero attached hydrogens (tertiary/aromatic N) is 5. The Morgan fingerprint density at radius 1 is 1.14 bits per heavy atom. The Morgan fingerprint density at radius 3 is 2.65 bits per heavy atom. The molecule has 4 aromatic rings. The number of nitroso groups, excluding NO2 is 1. The summed E-state index contributed by atoms with van der Waals surface area (Å²) >= 11 is 7.27. The lowest BCUT2D eigenvalue weighted by Crippen LogP contribution is -2.04. The number of aryl methyl sites for hydroxylation is 2. The van der Waals surface area contributed by atoms with E-state index in [1.54, 1.807) is 18.2 Å². The number of hydrogen-bond donors (Lipinski definition) is 0. The van der Waals surface area contributed by atoms with Gasteiger partial charge in [-0.1, -0.05) is 22.9 Å². The molecule has 5 rings (SSSR count). The van der Waals surface area contributed by atoms with Gasteiger partial charge >= 0.3 is 0 Å². The van der Waals surface area contributed by atoms with Gasteiger partial charge in [-0.3, -0.25) is 9.36 Å². The first-order chi connectivity index (χ1) is 17.7. The van der Waals surface area contributed by atoms with Crippen LogP contribution in [0.25, 0.3) is 11.3 Å². The lowest BCUT2D eigenvalue weighted by molar-refractivity contribution is 0.549. The highest BCUT2D eigenvalue weighted by Gasteiger charge is 2.26. The average Bonchev–Trinajstić information content (AvgIpc) is 3.55. The molecule has 37 heavy (non-hydrogen) atoms. The first-order valence-electron chi connectivity index (χ1n) is 12.4. The fourth-order valence-electron chi connectivity index (χ4n) is 4.94. The van der Waals surface area contributed by atoms with Crippen LogP contribution in [0.3, 0.4) is 0 Å². The standard InChI is InChI=1S/C28H28Br2FN5O/c1-16(10-19-11-21(29)6-9-26(19)34-37)24-13-22(31)7-8-23(24)27-20(15-35(3)33-27)12-25-17(2)32-36(28(25)30)14-18-4-5-18/h6-9,11,13,15-16,18H,4-5,10,12,14H2,1-3H3/t16-/m0/s1. The maximum Gasteiger partial charge on any atom is 0.123 e. The van der Waals surface area contributed by atoms with Crippen LogP contribution in [0.5, 0.6) is 0 Å². The highest BCUT2D eigenvalue weighted by atomic mass is 79.9. The minimum absolute atomic E-state index is 0.0786. The summed E-state index contributed by atoms with van der Waals surface area (Å²) < 4.78 is 20.3. The van der Waals surface area contributed by atoms with Crippen LogP contribution in [-0.4, -0.2) is 19.6 Å². The molecule has 0 radical (unpaired) electrons. The van der Waals surface area contributed by atoms with Gasteiger partial charge in [0.05, 0.1) is 11.4 Å². The van der Waals surface area contributed by atoms with Crippen LogP contribution in [-0.2, 0) is 26.4 Å². The van der Waals surface area contributed by atoms with Crippen LogP contribution >= 0.6 is 31.9 Å².